The van der Waals surface area contributed by atoms with E-state index < -0.39 is 0 Å². The van der Waals surface area contributed by atoms with Crippen molar-refractivity contribution in [3.63, 3.8) is 0 Å². The summed E-state index contributed by atoms with van der Waals surface area (Å²) in [6.07, 6.45) is 5.62. The van der Waals surface area contributed by atoms with Crippen molar-refractivity contribution in [2.45, 2.75) is 64.1 Å². The molecule has 0 aliphatic carbocycles. The molecule has 1 fully saturated rings. The Balaban J connectivity index is 1.99. The zero-order valence-electron chi connectivity index (χ0n) is 13.8. The predicted octanol–water partition coefficient (Wildman–Crippen LogP) is 4.37. The summed E-state index contributed by atoms with van der Waals surface area (Å²) in [5.74, 6) is 0.646. The third-order valence-electron chi connectivity index (χ3n) is 5.10. The van der Waals surface area contributed by atoms with Crippen LogP contribution in [0.2, 0.25) is 5.31 Å². The van der Waals surface area contributed by atoms with Crippen molar-refractivity contribution >= 4 is 13.2 Å². The van der Waals surface area contributed by atoms with Crippen LogP contribution >= 0.6 is 0 Å². The first-order chi connectivity index (χ1) is 10.1. The predicted molar refractivity (Wildman–Crippen MR) is 92.2 cm³/mol. The molecule has 0 saturated carbocycles. The molecule has 1 unspecified atom stereocenters. The second kappa shape index (κ2) is 7.35. The highest BCUT2D eigenvalue weighted by Crippen LogP contribution is 2.37. The van der Waals surface area contributed by atoms with E-state index in [-0.39, 0.29) is 5.31 Å². The summed E-state index contributed by atoms with van der Waals surface area (Å²) >= 11 is 0. The van der Waals surface area contributed by atoms with E-state index in [1.807, 2.05) is 0 Å². The number of anilines is 1. The summed E-state index contributed by atoms with van der Waals surface area (Å²) in [4.78, 5) is 2.50. The molecule has 0 spiro atoms. The minimum atomic E-state index is 0.0203. The lowest BCUT2D eigenvalue weighted by molar-refractivity contribution is 0.410. The average Bonchev–Trinajstić information content (AvgIpc) is 2.50. The Kier molecular flexibility index (Phi) is 5.75. The summed E-state index contributed by atoms with van der Waals surface area (Å²) in [6, 6.07) is 9.13. The molecule has 115 valence electrons. The molecule has 2 rings (SSSR count). The fraction of sp³-hybridized carbons (Fsp3) is 0.667. The summed E-state index contributed by atoms with van der Waals surface area (Å²) in [5, 5.41) is 9.44. The van der Waals surface area contributed by atoms with Crippen LogP contribution in [0.15, 0.2) is 24.3 Å². The van der Waals surface area contributed by atoms with Gasteiger partial charge in [0.1, 0.15) is 0 Å². The van der Waals surface area contributed by atoms with Crippen LogP contribution in [0.1, 0.15) is 64.4 Å². The van der Waals surface area contributed by atoms with E-state index in [0.717, 1.165) is 38.8 Å². The van der Waals surface area contributed by atoms with E-state index in [1.165, 1.54) is 25.2 Å². The van der Waals surface area contributed by atoms with Crippen molar-refractivity contribution < 1.29 is 5.02 Å². The molecule has 21 heavy (non-hydrogen) atoms. The second-order valence-corrected chi connectivity index (χ2v) is 6.88. The average molecular weight is 286 g/mol. The zero-order chi connectivity index (χ0) is 15.3. The number of benzene rings is 1. The number of nitrogens with zero attached hydrogens (tertiary/aromatic N) is 1. The summed E-state index contributed by atoms with van der Waals surface area (Å²) < 4.78 is 0. The van der Waals surface area contributed by atoms with E-state index in [9.17, 15) is 5.02 Å². The van der Waals surface area contributed by atoms with Crippen molar-refractivity contribution in [2.75, 3.05) is 18.0 Å². The van der Waals surface area contributed by atoms with Crippen LogP contribution in [-0.4, -0.2) is 25.6 Å². The molecule has 1 saturated heterocycles. The third kappa shape index (κ3) is 4.26. The molecular formula is C18H29BNO. The van der Waals surface area contributed by atoms with Crippen LogP contribution in [0.5, 0.6) is 0 Å². The maximum Gasteiger partial charge on any atom is 0.293 e. The fourth-order valence-electron chi connectivity index (χ4n) is 3.22. The highest BCUT2D eigenvalue weighted by atomic mass is 16.2. The Labute approximate surface area is 130 Å². The van der Waals surface area contributed by atoms with Crippen LogP contribution < -0.4 is 4.90 Å². The minimum Gasteiger partial charge on any atom is -0.454 e. The van der Waals surface area contributed by atoms with Gasteiger partial charge in [-0.15, -0.1) is 0 Å². The molecule has 1 heterocycles. The van der Waals surface area contributed by atoms with Crippen LogP contribution in [-0.2, 0) is 0 Å². The van der Waals surface area contributed by atoms with Crippen molar-refractivity contribution in [3.05, 3.63) is 29.8 Å². The monoisotopic (exact) mass is 286 g/mol. The smallest absolute Gasteiger partial charge is 0.293 e. The largest absolute Gasteiger partial charge is 0.454 e. The maximum atomic E-state index is 9.42. The van der Waals surface area contributed by atoms with E-state index >= 15 is 0 Å². The zero-order valence-corrected chi connectivity index (χ0v) is 13.8. The van der Waals surface area contributed by atoms with E-state index in [2.05, 4.69) is 49.9 Å². The topological polar surface area (TPSA) is 23.5 Å². The van der Waals surface area contributed by atoms with Gasteiger partial charge >= 0.3 is 0 Å². The number of rotatable bonds is 4. The summed E-state index contributed by atoms with van der Waals surface area (Å²) in [7, 11) is 1.42. The molecule has 0 amide bonds. The van der Waals surface area contributed by atoms with Crippen molar-refractivity contribution in [1.29, 1.82) is 0 Å². The van der Waals surface area contributed by atoms with Gasteiger partial charge in [0.25, 0.3) is 7.48 Å². The summed E-state index contributed by atoms with van der Waals surface area (Å²) in [6.45, 7) is 8.88. The molecule has 1 aliphatic heterocycles. The van der Waals surface area contributed by atoms with Gasteiger partial charge in [-0.05, 0) is 48.2 Å². The molecule has 1 aromatic carbocycles. The van der Waals surface area contributed by atoms with Crippen LogP contribution in [0.3, 0.4) is 0 Å². The second-order valence-electron chi connectivity index (χ2n) is 6.88. The third-order valence-corrected chi connectivity index (χ3v) is 5.10. The molecule has 2 nitrogen and oxygen atoms in total. The SMILES string of the molecule is CCC(C)c1ccc(N2CCCC(C)([B]O)CCC2)cc1. The Bertz CT molecular complexity index is 421. The molecular weight excluding hydrogens is 257 g/mol. The van der Waals surface area contributed by atoms with Crippen molar-refractivity contribution in [2.24, 2.45) is 0 Å². The highest BCUT2D eigenvalue weighted by Gasteiger charge is 2.27. The lowest BCUT2D eigenvalue weighted by Gasteiger charge is -2.34. The van der Waals surface area contributed by atoms with E-state index in [4.69, 9.17) is 0 Å². The van der Waals surface area contributed by atoms with E-state index in [0.29, 0.717) is 5.92 Å². The Hall–Kier alpha value is -0.955. The summed E-state index contributed by atoms with van der Waals surface area (Å²) in [5.41, 5.74) is 2.79. The fourth-order valence-corrected chi connectivity index (χ4v) is 3.22. The van der Waals surface area contributed by atoms with Gasteiger partial charge in [-0.2, -0.15) is 0 Å². The molecule has 1 aromatic rings. The molecule has 1 N–H and O–H groups in total. The van der Waals surface area contributed by atoms with Crippen LogP contribution in [0, 0.1) is 0 Å². The van der Waals surface area contributed by atoms with Gasteiger partial charge in [-0.3, -0.25) is 0 Å². The molecule has 0 aromatic heterocycles. The Morgan fingerprint density at radius 1 is 1.19 bits per heavy atom. The van der Waals surface area contributed by atoms with Gasteiger partial charge in [-0.25, -0.2) is 0 Å². The van der Waals surface area contributed by atoms with Gasteiger partial charge in [0, 0.05) is 18.8 Å². The molecule has 3 heteroatoms. The van der Waals surface area contributed by atoms with Gasteiger partial charge in [-0.1, -0.05) is 45.7 Å². The van der Waals surface area contributed by atoms with Crippen molar-refractivity contribution in [3.8, 4) is 0 Å². The lowest BCUT2D eigenvalue weighted by atomic mass is 9.60. The first-order valence-electron chi connectivity index (χ1n) is 8.41. The first-order valence-corrected chi connectivity index (χ1v) is 8.41. The highest BCUT2D eigenvalue weighted by molar-refractivity contribution is 6.30. The first kappa shape index (κ1) is 16.4. The van der Waals surface area contributed by atoms with Gasteiger partial charge in [0.15, 0.2) is 0 Å². The normalized spacial score (nSPS) is 20.5. The van der Waals surface area contributed by atoms with Gasteiger partial charge in [0.05, 0.1) is 0 Å². The van der Waals surface area contributed by atoms with Gasteiger partial charge < -0.3 is 9.92 Å². The van der Waals surface area contributed by atoms with Crippen molar-refractivity contribution in [1.82, 2.24) is 0 Å². The Morgan fingerprint density at radius 3 is 2.24 bits per heavy atom. The number of hydrogen-bond acceptors (Lipinski definition) is 2. The minimum absolute atomic E-state index is 0.0203. The van der Waals surface area contributed by atoms with Crippen LogP contribution in [0.4, 0.5) is 5.69 Å². The lowest BCUT2D eigenvalue weighted by Crippen LogP contribution is -2.31. The quantitative estimate of drug-likeness (QED) is 0.831. The Morgan fingerprint density at radius 2 is 1.76 bits per heavy atom. The van der Waals surface area contributed by atoms with Gasteiger partial charge in [0.2, 0.25) is 0 Å². The standard InChI is InChI=1S/C18H29BNO/c1-4-15(2)16-7-9-17(10-8-16)20-13-5-11-18(3,19-21)12-6-14-20/h7-10,15,21H,4-6,11-14H2,1-3H3. The molecule has 0 bridgehead atoms. The van der Waals surface area contributed by atoms with Crippen LogP contribution in [0.25, 0.3) is 0 Å². The molecule has 1 radical (unpaired) electrons. The molecule has 1 aliphatic rings. The maximum absolute atomic E-state index is 9.42. The van der Waals surface area contributed by atoms with E-state index in [1.54, 1.807) is 0 Å². The molecule has 1 atom stereocenters. The number of hydrogen-bond donors (Lipinski definition) is 1.